The summed E-state index contributed by atoms with van der Waals surface area (Å²) in [5.74, 6) is -1.41. The number of carbonyl (C=O) groups is 2. The molecule has 1 aromatic carbocycles. The molecule has 0 aliphatic carbocycles. The number of ketones is 1. The Labute approximate surface area is 104 Å². The predicted molar refractivity (Wildman–Crippen MR) is 64.7 cm³/mol. The van der Waals surface area contributed by atoms with Gasteiger partial charge < -0.3 is 5.32 Å². The fourth-order valence-corrected chi connectivity index (χ4v) is 1.55. The summed E-state index contributed by atoms with van der Waals surface area (Å²) in [6.45, 7) is 0. The van der Waals surface area contributed by atoms with Crippen LogP contribution in [0.15, 0.2) is 24.3 Å². The molecule has 0 radical (unpaired) electrons. The number of carbonyl (C=O) groups excluding carboxylic acids is 2. The summed E-state index contributed by atoms with van der Waals surface area (Å²) in [6, 6.07) is 6.51. The van der Waals surface area contributed by atoms with E-state index < -0.39 is 28.4 Å². The summed E-state index contributed by atoms with van der Waals surface area (Å²) in [7, 11) is -2.59. The molecule has 0 spiro atoms. The summed E-state index contributed by atoms with van der Waals surface area (Å²) in [4.78, 5) is 22.3. The van der Waals surface area contributed by atoms with Gasteiger partial charge in [-0.15, -0.1) is 0 Å². The lowest BCUT2D eigenvalue weighted by atomic mass is 10.2. The number of Topliss-reactive ketones (excluding diaryl/α,β-unsaturated/α-hetero) is 1. The first kappa shape index (κ1) is 13.4. The lowest BCUT2D eigenvalue weighted by Gasteiger charge is -2.04. The van der Waals surface area contributed by atoms with Crippen molar-refractivity contribution in [1.29, 1.82) is 0 Å². The summed E-state index contributed by atoms with van der Waals surface area (Å²) in [6.07, 6.45) is -0.542. The molecular weight excluding hydrogens is 266 g/mol. The number of benzene rings is 1. The Morgan fingerprint density at radius 3 is 2.53 bits per heavy atom. The number of rotatable bonds is 4. The van der Waals surface area contributed by atoms with E-state index in [1.165, 1.54) is 0 Å². The zero-order valence-corrected chi connectivity index (χ0v) is 10.1. The lowest BCUT2D eigenvalue weighted by molar-refractivity contribution is -0.121. The van der Waals surface area contributed by atoms with Crippen LogP contribution in [0.4, 0.5) is 5.69 Å². The van der Waals surface area contributed by atoms with E-state index in [0.29, 0.717) is 16.1 Å². The molecule has 0 unspecified atom stereocenters. The highest BCUT2D eigenvalue weighted by Gasteiger charge is 2.09. The van der Waals surface area contributed by atoms with Crippen LogP contribution in [-0.2, 0) is 19.9 Å². The molecule has 0 heterocycles. The average Bonchev–Trinajstić information content (AvgIpc) is 2.19. The highest BCUT2D eigenvalue weighted by molar-refractivity contribution is 7.73. The zero-order chi connectivity index (χ0) is 12.8. The van der Waals surface area contributed by atoms with Gasteiger partial charge in [0.2, 0.25) is 16.2 Å². The molecular formula is C10H8ClNO4S. The Morgan fingerprint density at radius 1 is 1.29 bits per heavy atom. The van der Waals surface area contributed by atoms with Gasteiger partial charge in [-0.2, -0.15) is 8.42 Å². The van der Waals surface area contributed by atoms with E-state index in [0.717, 1.165) is 0 Å². The molecule has 0 saturated carbocycles. The molecule has 1 N–H and O–H groups in total. The molecule has 1 rings (SSSR count). The molecule has 1 amide bonds. The van der Waals surface area contributed by atoms with E-state index in [4.69, 9.17) is 11.6 Å². The van der Waals surface area contributed by atoms with Crippen LogP contribution in [0.25, 0.3) is 0 Å². The maximum absolute atomic E-state index is 11.3. The van der Waals surface area contributed by atoms with Gasteiger partial charge in [0.15, 0.2) is 5.78 Å². The third kappa shape index (κ3) is 4.80. The van der Waals surface area contributed by atoms with E-state index in [1.54, 1.807) is 24.3 Å². The normalized spacial score (nSPS) is 9.47. The number of hydrogen-bond donors (Lipinski definition) is 1. The monoisotopic (exact) mass is 273 g/mol. The second kappa shape index (κ2) is 6.17. The molecule has 1 aromatic rings. The van der Waals surface area contributed by atoms with Gasteiger partial charge in [-0.3, -0.25) is 9.59 Å². The summed E-state index contributed by atoms with van der Waals surface area (Å²) in [5, 5.41) is 3.19. The SMILES string of the molecule is O=C(C=S(=O)=O)CC(=O)Nc1ccccc1Cl. The van der Waals surface area contributed by atoms with Crippen LogP contribution in [0.3, 0.4) is 0 Å². The highest BCUT2D eigenvalue weighted by Crippen LogP contribution is 2.20. The fraction of sp³-hybridized carbons (Fsp3) is 0.100. The van der Waals surface area contributed by atoms with Crippen molar-refractivity contribution >= 4 is 44.6 Å². The van der Waals surface area contributed by atoms with Gasteiger partial charge in [0.1, 0.15) is 5.37 Å². The number of anilines is 1. The van der Waals surface area contributed by atoms with E-state index in [9.17, 15) is 18.0 Å². The minimum atomic E-state index is -2.59. The minimum Gasteiger partial charge on any atom is -0.324 e. The van der Waals surface area contributed by atoms with E-state index >= 15 is 0 Å². The zero-order valence-electron chi connectivity index (χ0n) is 8.51. The smallest absolute Gasteiger partial charge is 0.232 e. The summed E-state index contributed by atoms with van der Waals surface area (Å²) in [5.41, 5.74) is 0.371. The van der Waals surface area contributed by atoms with Gasteiger partial charge in [0.05, 0.1) is 17.1 Å². The molecule has 5 nitrogen and oxygen atoms in total. The van der Waals surface area contributed by atoms with Crippen LogP contribution in [0, 0.1) is 0 Å². The molecule has 0 aromatic heterocycles. The van der Waals surface area contributed by atoms with E-state index in [1.807, 2.05) is 0 Å². The van der Waals surface area contributed by atoms with E-state index in [-0.39, 0.29) is 0 Å². The summed E-state index contributed by atoms with van der Waals surface area (Å²) < 4.78 is 20.3. The first-order valence-electron chi connectivity index (χ1n) is 4.49. The lowest BCUT2D eigenvalue weighted by Crippen LogP contribution is -2.17. The number of nitrogens with one attached hydrogen (secondary N) is 1. The maximum Gasteiger partial charge on any atom is 0.232 e. The third-order valence-electron chi connectivity index (χ3n) is 1.71. The van der Waals surface area contributed by atoms with E-state index in [2.05, 4.69) is 5.32 Å². The Bertz CT molecular complexity index is 572. The van der Waals surface area contributed by atoms with Crippen molar-refractivity contribution in [1.82, 2.24) is 0 Å². The Kier molecular flexibility index (Phi) is 4.86. The number of para-hydroxylation sites is 1. The molecule has 17 heavy (non-hydrogen) atoms. The second-order valence-corrected chi connectivity index (χ2v) is 4.21. The van der Waals surface area contributed by atoms with Crippen LogP contribution in [0.1, 0.15) is 6.42 Å². The third-order valence-corrected chi connectivity index (χ3v) is 2.50. The van der Waals surface area contributed by atoms with Crippen LogP contribution < -0.4 is 5.32 Å². The molecule has 0 atom stereocenters. The second-order valence-electron chi connectivity index (χ2n) is 3.05. The van der Waals surface area contributed by atoms with Gasteiger partial charge in [0, 0.05) is 0 Å². The summed E-state index contributed by atoms with van der Waals surface area (Å²) >= 11 is 5.78. The first-order chi connectivity index (χ1) is 7.99. The van der Waals surface area contributed by atoms with Gasteiger partial charge in [0.25, 0.3) is 0 Å². The van der Waals surface area contributed by atoms with Crippen molar-refractivity contribution in [3.8, 4) is 0 Å². The fourth-order valence-electron chi connectivity index (χ4n) is 1.06. The van der Waals surface area contributed by atoms with Crippen LogP contribution in [-0.4, -0.2) is 25.5 Å². The molecule has 0 aliphatic heterocycles. The molecule has 0 aliphatic rings. The number of amides is 1. The number of halogens is 1. The topological polar surface area (TPSA) is 80.3 Å². The first-order valence-corrected chi connectivity index (χ1v) is 6.01. The van der Waals surface area contributed by atoms with Crippen molar-refractivity contribution in [2.24, 2.45) is 0 Å². The average molecular weight is 274 g/mol. The van der Waals surface area contributed by atoms with Crippen LogP contribution >= 0.6 is 11.6 Å². The Morgan fingerprint density at radius 2 is 1.94 bits per heavy atom. The number of hydrogen-bond acceptors (Lipinski definition) is 4. The van der Waals surface area contributed by atoms with Crippen LogP contribution in [0.2, 0.25) is 5.02 Å². The van der Waals surface area contributed by atoms with Crippen molar-refractivity contribution in [2.45, 2.75) is 6.42 Å². The standard InChI is InChI=1S/C10H8ClNO4S/c11-8-3-1-2-4-9(8)12-10(14)5-7(13)6-17(15)16/h1-4,6H,5H2,(H,12,14). The quantitative estimate of drug-likeness (QED) is 0.653. The van der Waals surface area contributed by atoms with Gasteiger partial charge in [-0.25, -0.2) is 0 Å². The van der Waals surface area contributed by atoms with Crippen molar-refractivity contribution < 1.29 is 18.0 Å². The predicted octanol–water partition coefficient (Wildman–Crippen LogP) is 0.919. The Balaban J connectivity index is 2.66. The molecule has 90 valence electrons. The van der Waals surface area contributed by atoms with Crippen molar-refractivity contribution in [3.63, 3.8) is 0 Å². The molecule has 0 bridgehead atoms. The molecule has 7 heteroatoms. The molecule has 0 saturated heterocycles. The minimum absolute atomic E-state index is 0.338. The largest absolute Gasteiger partial charge is 0.324 e. The van der Waals surface area contributed by atoms with Gasteiger partial charge in [-0.05, 0) is 12.1 Å². The van der Waals surface area contributed by atoms with Crippen molar-refractivity contribution in [2.75, 3.05) is 5.32 Å². The molecule has 0 fully saturated rings. The Hall–Kier alpha value is -1.66. The van der Waals surface area contributed by atoms with Gasteiger partial charge >= 0.3 is 0 Å². The van der Waals surface area contributed by atoms with Gasteiger partial charge in [-0.1, -0.05) is 23.7 Å². The van der Waals surface area contributed by atoms with Crippen LogP contribution in [0.5, 0.6) is 0 Å². The van der Waals surface area contributed by atoms with Crippen molar-refractivity contribution in [3.05, 3.63) is 29.3 Å². The highest BCUT2D eigenvalue weighted by atomic mass is 35.5. The maximum atomic E-state index is 11.3.